The summed E-state index contributed by atoms with van der Waals surface area (Å²) in [5.41, 5.74) is 0.831. The van der Waals surface area contributed by atoms with Crippen LogP contribution < -0.4 is 11.2 Å². The van der Waals surface area contributed by atoms with Crippen molar-refractivity contribution in [3.05, 3.63) is 62.3 Å². The number of benzene rings is 1. The normalized spacial score (nSPS) is 20.6. The predicted octanol–water partition coefficient (Wildman–Crippen LogP) is 1.68. The molecule has 2 aromatic heterocycles. The lowest BCUT2D eigenvalue weighted by Crippen LogP contribution is -2.36. The Labute approximate surface area is 155 Å². The highest BCUT2D eigenvalue weighted by molar-refractivity contribution is 5.69. The van der Waals surface area contributed by atoms with Crippen molar-refractivity contribution in [1.29, 1.82) is 0 Å². The van der Waals surface area contributed by atoms with Crippen molar-refractivity contribution in [1.82, 2.24) is 24.0 Å². The Balaban J connectivity index is 1.71. The highest BCUT2D eigenvalue weighted by Gasteiger charge is 2.33. The molecule has 1 saturated heterocycles. The molecule has 0 spiro atoms. The van der Waals surface area contributed by atoms with E-state index in [1.165, 1.54) is 17.7 Å². The van der Waals surface area contributed by atoms with Crippen LogP contribution in [-0.2, 0) is 20.6 Å². The quantitative estimate of drug-likeness (QED) is 0.760. The number of nitrogens with one attached hydrogen (secondary N) is 1. The van der Waals surface area contributed by atoms with Crippen molar-refractivity contribution >= 4 is 11.2 Å². The Kier molecular flexibility index (Phi) is 4.22. The molecule has 0 radical (unpaired) electrons. The zero-order chi connectivity index (χ0) is 19.3. The molecule has 4 rings (SSSR count). The van der Waals surface area contributed by atoms with Crippen LogP contribution >= 0.6 is 0 Å². The lowest BCUT2D eigenvalue weighted by molar-refractivity contribution is 0.220. The van der Waals surface area contributed by atoms with Gasteiger partial charge in [0, 0.05) is 20.1 Å². The summed E-state index contributed by atoms with van der Waals surface area (Å²) < 4.78 is 16.1. The molecular formula is C19H22FN5O2. The van der Waals surface area contributed by atoms with Gasteiger partial charge >= 0.3 is 5.69 Å². The Morgan fingerprint density at radius 1 is 1.26 bits per heavy atom. The van der Waals surface area contributed by atoms with E-state index in [2.05, 4.69) is 21.8 Å². The van der Waals surface area contributed by atoms with Crippen LogP contribution in [0.3, 0.4) is 0 Å². The fourth-order valence-electron chi connectivity index (χ4n) is 4.07. The lowest BCUT2D eigenvalue weighted by atomic mass is 9.95. The maximum absolute atomic E-state index is 13.7. The molecule has 1 aromatic carbocycles. The van der Waals surface area contributed by atoms with E-state index in [0.29, 0.717) is 29.5 Å². The molecule has 1 N–H and O–H groups in total. The summed E-state index contributed by atoms with van der Waals surface area (Å²) in [6.07, 6.45) is 1.00. The van der Waals surface area contributed by atoms with Gasteiger partial charge in [-0.05, 0) is 36.6 Å². The second kappa shape index (κ2) is 6.45. The molecule has 1 aliphatic rings. The first-order valence-electron chi connectivity index (χ1n) is 9.01. The van der Waals surface area contributed by atoms with Gasteiger partial charge in [0.1, 0.15) is 17.2 Å². The molecule has 1 aliphatic heterocycles. The molecule has 8 heteroatoms. The zero-order valence-corrected chi connectivity index (χ0v) is 15.6. The topological polar surface area (TPSA) is 75.9 Å². The summed E-state index contributed by atoms with van der Waals surface area (Å²) in [6, 6.07) is 6.79. The largest absolute Gasteiger partial charge is 0.335 e. The minimum Gasteiger partial charge on any atom is -0.335 e. The van der Waals surface area contributed by atoms with Crippen LogP contribution in [0.15, 0.2) is 33.9 Å². The molecule has 1 fully saturated rings. The Morgan fingerprint density at radius 3 is 2.78 bits per heavy atom. The number of aryl methyl sites for hydroxylation is 1. The standard InChI is InChI=1S/C19H22FN5O2/c1-11-7-8-25(16(11)12-5-4-6-13(20)9-12)10-14-21-15-17(22-14)23(2)19(27)24(3)18(15)26/h4-6,9,11,16H,7-8,10H2,1-3H3,(H,21,22). The van der Waals surface area contributed by atoms with Crippen LogP contribution in [0.1, 0.15) is 30.8 Å². The van der Waals surface area contributed by atoms with Gasteiger partial charge in [-0.15, -0.1) is 0 Å². The van der Waals surface area contributed by atoms with E-state index in [9.17, 15) is 14.0 Å². The minimum atomic E-state index is -0.405. The second-order valence-electron chi connectivity index (χ2n) is 7.32. The molecule has 142 valence electrons. The molecule has 0 amide bonds. The van der Waals surface area contributed by atoms with Gasteiger partial charge in [0.05, 0.1) is 6.54 Å². The summed E-state index contributed by atoms with van der Waals surface area (Å²) in [7, 11) is 3.05. The number of hydrogen-bond donors (Lipinski definition) is 1. The van der Waals surface area contributed by atoms with Gasteiger partial charge in [-0.2, -0.15) is 0 Å². The number of H-pyrrole nitrogens is 1. The van der Waals surface area contributed by atoms with Crippen molar-refractivity contribution in [2.75, 3.05) is 6.54 Å². The molecular weight excluding hydrogens is 349 g/mol. The molecule has 3 aromatic rings. The van der Waals surface area contributed by atoms with Crippen molar-refractivity contribution in [3.63, 3.8) is 0 Å². The molecule has 0 bridgehead atoms. The van der Waals surface area contributed by atoms with Crippen LogP contribution in [0, 0.1) is 11.7 Å². The molecule has 3 heterocycles. The van der Waals surface area contributed by atoms with Crippen LogP contribution in [0.2, 0.25) is 0 Å². The third kappa shape index (κ3) is 2.90. The van der Waals surface area contributed by atoms with E-state index in [4.69, 9.17) is 0 Å². The summed E-state index contributed by atoms with van der Waals surface area (Å²) in [6.45, 7) is 3.52. The molecule has 2 unspecified atom stereocenters. The van der Waals surface area contributed by atoms with E-state index in [1.54, 1.807) is 19.2 Å². The number of aromatic nitrogens is 4. The van der Waals surface area contributed by atoms with Gasteiger partial charge in [-0.1, -0.05) is 19.1 Å². The maximum atomic E-state index is 13.7. The van der Waals surface area contributed by atoms with Gasteiger partial charge in [0.2, 0.25) is 0 Å². The van der Waals surface area contributed by atoms with Crippen LogP contribution in [0.4, 0.5) is 4.39 Å². The number of fused-ring (bicyclic) bond motifs is 1. The number of hydrogen-bond acceptors (Lipinski definition) is 4. The van der Waals surface area contributed by atoms with Gasteiger partial charge in [0.15, 0.2) is 5.65 Å². The predicted molar refractivity (Wildman–Crippen MR) is 99.9 cm³/mol. The average molecular weight is 371 g/mol. The molecule has 2 atom stereocenters. The van der Waals surface area contributed by atoms with Crippen molar-refractivity contribution in [3.8, 4) is 0 Å². The third-order valence-corrected chi connectivity index (χ3v) is 5.49. The van der Waals surface area contributed by atoms with Crippen LogP contribution in [0.25, 0.3) is 11.2 Å². The molecule has 27 heavy (non-hydrogen) atoms. The smallest absolute Gasteiger partial charge is 0.332 e. The summed E-state index contributed by atoms with van der Waals surface area (Å²) in [4.78, 5) is 34.2. The third-order valence-electron chi connectivity index (χ3n) is 5.49. The van der Waals surface area contributed by atoms with Crippen LogP contribution in [-0.4, -0.2) is 30.5 Å². The number of halogens is 1. The maximum Gasteiger partial charge on any atom is 0.332 e. The molecule has 0 aliphatic carbocycles. The molecule has 7 nitrogen and oxygen atoms in total. The number of rotatable bonds is 3. The number of likely N-dealkylation sites (tertiary alicyclic amines) is 1. The molecule has 0 saturated carbocycles. The zero-order valence-electron chi connectivity index (χ0n) is 15.6. The summed E-state index contributed by atoms with van der Waals surface area (Å²) >= 11 is 0. The van der Waals surface area contributed by atoms with Crippen molar-refractivity contribution in [2.45, 2.75) is 25.9 Å². The van der Waals surface area contributed by atoms with Crippen molar-refractivity contribution in [2.24, 2.45) is 20.0 Å². The van der Waals surface area contributed by atoms with Crippen LogP contribution in [0.5, 0.6) is 0 Å². The average Bonchev–Trinajstić information content (AvgIpc) is 3.22. The summed E-state index contributed by atoms with van der Waals surface area (Å²) in [5, 5.41) is 0. The van der Waals surface area contributed by atoms with E-state index >= 15 is 0 Å². The number of nitrogens with zero attached hydrogens (tertiary/aromatic N) is 4. The van der Waals surface area contributed by atoms with Gasteiger partial charge in [-0.3, -0.25) is 18.8 Å². The lowest BCUT2D eigenvalue weighted by Gasteiger charge is -2.26. The van der Waals surface area contributed by atoms with Gasteiger partial charge in [-0.25, -0.2) is 14.2 Å². The first-order valence-corrected chi connectivity index (χ1v) is 9.01. The Bertz CT molecular complexity index is 1130. The van der Waals surface area contributed by atoms with E-state index in [1.807, 2.05) is 6.07 Å². The monoisotopic (exact) mass is 371 g/mol. The first-order chi connectivity index (χ1) is 12.9. The summed E-state index contributed by atoms with van der Waals surface area (Å²) in [5.74, 6) is 0.765. The Hall–Kier alpha value is -2.74. The van der Waals surface area contributed by atoms with E-state index in [-0.39, 0.29) is 17.4 Å². The second-order valence-corrected chi connectivity index (χ2v) is 7.32. The number of aromatic amines is 1. The fourth-order valence-corrected chi connectivity index (χ4v) is 4.07. The highest BCUT2D eigenvalue weighted by Crippen LogP contribution is 2.37. The first kappa shape index (κ1) is 17.7. The Morgan fingerprint density at radius 2 is 2.04 bits per heavy atom. The number of imidazole rings is 1. The highest BCUT2D eigenvalue weighted by atomic mass is 19.1. The van der Waals surface area contributed by atoms with Gasteiger partial charge < -0.3 is 4.98 Å². The van der Waals surface area contributed by atoms with Crippen molar-refractivity contribution < 1.29 is 4.39 Å². The van der Waals surface area contributed by atoms with E-state index < -0.39 is 5.69 Å². The van der Waals surface area contributed by atoms with Gasteiger partial charge in [0.25, 0.3) is 5.56 Å². The SMILES string of the molecule is CC1CCN(Cc2nc3c([nH]2)c(=O)n(C)c(=O)n3C)C1c1cccc(F)c1. The minimum absolute atomic E-state index is 0.0839. The fraction of sp³-hybridized carbons (Fsp3) is 0.421. The van der Waals surface area contributed by atoms with E-state index in [0.717, 1.165) is 23.1 Å².